The Hall–Kier alpha value is -4.38. The minimum atomic E-state index is -0.546. The Balaban J connectivity index is 1.63. The zero-order chi connectivity index (χ0) is 25.0. The number of allylic oxidation sites excluding steroid dienone is 2. The maximum atomic E-state index is 13.8. The fourth-order valence-electron chi connectivity index (χ4n) is 5.79. The standard InChI is InChI=1S/C31H26N2O3/c1-18-25(31(35)36-3)27(28-29(32-18)21-13-7-8-14-22(21)30(28)34)26-19(2)33(17-20-11-5-4-6-12-20)24-16-10-9-15-23(24)26/h4-16,27,32H,17H2,1-3H3/t27-/m1/s1. The van der Waals surface area contributed by atoms with E-state index < -0.39 is 11.9 Å². The molecule has 1 atom stereocenters. The molecule has 4 aromatic rings. The van der Waals surface area contributed by atoms with E-state index in [4.69, 9.17) is 4.74 Å². The van der Waals surface area contributed by atoms with Crippen LogP contribution in [0.15, 0.2) is 95.7 Å². The van der Waals surface area contributed by atoms with E-state index in [2.05, 4.69) is 41.1 Å². The Kier molecular flexibility index (Phi) is 5.15. The summed E-state index contributed by atoms with van der Waals surface area (Å²) in [6.45, 7) is 4.65. The van der Waals surface area contributed by atoms with Crippen LogP contribution in [0, 0.1) is 6.92 Å². The van der Waals surface area contributed by atoms with Gasteiger partial charge in [-0.2, -0.15) is 0 Å². The molecule has 0 saturated heterocycles. The molecule has 2 aliphatic rings. The number of hydrogen-bond donors (Lipinski definition) is 1. The SMILES string of the molecule is COC(=O)C1=C(C)NC2=C(C(=O)c3ccccc32)[C@H]1c1c(C)n(Cc2ccccc2)c2ccccc12. The van der Waals surface area contributed by atoms with E-state index in [9.17, 15) is 9.59 Å². The van der Waals surface area contributed by atoms with E-state index in [1.807, 2.05) is 61.5 Å². The van der Waals surface area contributed by atoms with E-state index >= 15 is 0 Å². The van der Waals surface area contributed by atoms with Gasteiger partial charge in [-0.1, -0.05) is 72.8 Å². The molecule has 0 saturated carbocycles. The predicted octanol–water partition coefficient (Wildman–Crippen LogP) is 5.74. The lowest BCUT2D eigenvalue weighted by Gasteiger charge is -2.29. The Morgan fingerprint density at radius 3 is 2.33 bits per heavy atom. The van der Waals surface area contributed by atoms with Crippen LogP contribution in [0.3, 0.4) is 0 Å². The maximum absolute atomic E-state index is 13.8. The molecule has 0 bridgehead atoms. The monoisotopic (exact) mass is 474 g/mol. The van der Waals surface area contributed by atoms with Crippen LogP contribution in [0.1, 0.15) is 45.6 Å². The summed E-state index contributed by atoms with van der Waals surface area (Å²) in [6.07, 6.45) is 0. The Labute approximate surface area is 209 Å². The third-order valence-corrected chi connectivity index (χ3v) is 7.41. The number of benzene rings is 3. The van der Waals surface area contributed by atoms with Crippen molar-refractivity contribution in [3.63, 3.8) is 0 Å². The number of ether oxygens (including phenoxy) is 1. The fourth-order valence-corrected chi connectivity index (χ4v) is 5.79. The molecular weight excluding hydrogens is 448 g/mol. The fraction of sp³-hybridized carbons (Fsp3) is 0.161. The minimum Gasteiger partial charge on any atom is -0.466 e. The summed E-state index contributed by atoms with van der Waals surface area (Å²) in [7, 11) is 1.39. The average Bonchev–Trinajstić information content (AvgIpc) is 3.34. The lowest BCUT2D eigenvalue weighted by atomic mass is 9.78. The second kappa shape index (κ2) is 8.38. The van der Waals surface area contributed by atoms with Crippen LogP contribution in [-0.4, -0.2) is 23.4 Å². The number of nitrogens with zero attached hydrogens (tertiary/aromatic N) is 1. The van der Waals surface area contributed by atoms with Crippen molar-refractivity contribution in [3.8, 4) is 0 Å². The highest BCUT2D eigenvalue weighted by molar-refractivity contribution is 6.23. The van der Waals surface area contributed by atoms with Crippen LogP contribution in [0.2, 0.25) is 0 Å². The van der Waals surface area contributed by atoms with Gasteiger partial charge in [-0.3, -0.25) is 4.79 Å². The lowest BCUT2D eigenvalue weighted by Crippen LogP contribution is -2.29. The second-order valence-corrected chi connectivity index (χ2v) is 9.34. The number of esters is 1. The quantitative estimate of drug-likeness (QED) is 0.383. The molecule has 0 unspecified atom stereocenters. The van der Waals surface area contributed by atoms with Crippen molar-refractivity contribution in [2.75, 3.05) is 7.11 Å². The van der Waals surface area contributed by atoms with Crippen molar-refractivity contribution in [1.82, 2.24) is 9.88 Å². The van der Waals surface area contributed by atoms with Gasteiger partial charge in [0.25, 0.3) is 0 Å². The van der Waals surface area contributed by atoms with Crippen LogP contribution in [0.5, 0.6) is 0 Å². The van der Waals surface area contributed by atoms with Gasteiger partial charge < -0.3 is 14.6 Å². The van der Waals surface area contributed by atoms with Crippen molar-refractivity contribution >= 4 is 28.4 Å². The van der Waals surface area contributed by atoms with Crippen molar-refractivity contribution in [1.29, 1.82) is 0 Å². The Morgan fingerprint density at radius 2 is 1.58 bits per heavy atom. The molecule has 0 fully saturated rings. The first-order valence-electron chi connectivity index (χ1n) is 12.1. The number of fused-ring (bicyclic) bond motifs is 3. The first-order chi connectivity index (χ1) is 17.5. The van der Waals surface area contributed by atoms with E-state index in [1.165, 1.54) is 12.7 Å². The van der Waals surface area contributed by atoms with Gasteiger partial charge >= 0.3 is 5.97 Å². The number of Topliss-reactive ketones (excluding diaryl/α,β-unsaturated/α-hetero) is 1. The number of nitrogens with one attached hydrogen (secondary N) is 1. The third kappa shape index (κ3) is 3.16. The summed E-state index contributed by atoms with van der Waals surface area (Å²) in [5, 5.41) is 4.41. The molecule has 5 heteroatoms. The van der Waals surface area contributed by atoms with Crippen molar-refractivity contribution in [2.24, 2.45) is 0 Å². The molecule has 178 valence electrons. The number of hydrogen-bond acceptors (Lipinski definition) is 4. The number of carbonyl (C=O) groups is 2. The summed E-state index contributed by atoms with van der Waals surface area (Å²) in [6, 6.07) is 26.2. The molecular formula is C31H26N2O3. The molecule has 1 aliphatic carbocycles. The first-order valence-corrected chi connectivity index (χ1v) is 12.1. The summed E-state index contributed by atoms with van der Waals surface area (Å²) >= 11 is 0. The van der Waals surface area contributed by atoms with Crippen LogP contribution < -0.4 is 5.32 Å². The number of dihydropyridines is 1. The summed E-state index contributed by atoms with van der Waals surface area (Å²) in [4.78, 5) is 27.1. The van der Waals surface area contributed by atoms with Crippen LogP contribution in [0.4, 0.5) is 0 Å². The Bertz CT molecular complexity index is 1620. The van der Waals surface area contributed by atoms with Crippen molar-refractivity contribution < 1.29 is 14.3 Å². The van der Waals surface area contributed by atoms with Crippen LogP contribution in [0.25, 0.3) is 16.6 Å². The maximum Gasteiger partial charge on any atom is 0.336 e. The second-order valence-electron chi connectivity index (χ2n) is 9.34. The highest BCUT2D eigenvalue weighted by Crippen LogP contribution is 2.49. The van der Waals surface area contributed by atoms with Gasteiger partial charge in [-0.05, 0) is 31.0 Å². The van der Waals surface area contributed by atoms with Gasteiger partial charge in [0.05, 0.1) is 24.3 Å². The van der Waals surface area contributed by atoms with E-state index in [0.29, 0.717) is 29.0 Å². The molecule has 1 aromatic heterocycles. The Morgan fingerprint density at radius 1 is 0.917 bits per heavy atom. The van der Waals surface area contributed by atoms with Gasteiger partial charge in [-0.15, -0.1) is 0 Å². The molecule has 6 rings (SSSR count). The predicted molar refractivity (Wildman–Crippen MR) is 141 cm³/mol. The van der Waals surface area contributed by atoms with Gasteiger partial charge in [0, 0.05) is 45.5 Å². The van der Waals surface area contributed by atoms with Crippen molar-refractivity contribution in [2.45, 2.75) is 26.3 Å². The molecule has 0 amide bonds. The molecule has 5 nitrogen and oxygen atoms in total. The van der Waals surface area contributed by atoms with Crippen molar-refractivity contribution in [3.05, 3.63) is 124 Å². The lowest BCUT2D eigenvalue weighted by molar-refractivity contribution is -0.136. The summed E-state index contributed by atoms with van der Waals surface area (Å²) < 4.78 is 7.53. The first kappa shape index (κ1) is 22.1. The number of ketones is 1. The molecule has 1 N–H and O–H groups in total. The number of rotatable bonds is 4. The van der Waals surface area contributed by atoms with Gasteiger partial charge in [-0.25, -0.2) is 4.79 Å². The van der Waals surface area contributed by atoms with Gasteiger partial charge in [0.2, 0.25) is 0 Å². The summed E-state index contributed by atoms with van der Waals surface area (Å²) in [5.41, 5.74) is 8.34. The molecule has 36 heavy (non-hydrogen) atoms. The van der Waals surface area contributed by atoms with Crippen LogP contribution in [-0.2, 0) is 16.1 Å². The topological polar surface area (TPSA) is 60.3 Å². The number of methoxy groups -OCH3 is 1. The van der Waals surface area contributed by atoms with E-state index in [-0.39, 0.29) is 5.78 Å². The minimum absolute atomic E-state index is 0.0497. The highest BCUT2D eigenvalue weighted by atomic mass is 16.5. The molecule has 2 heterocycles. The third-order valence-electron chi connectivity index (χ3n) is 7.41. The normalized spacial score (nSPS) is 16.8. The summed E-state index contributed by atoms with van der Waals surface area (Å²) in [5.74, 6) is -1.03. The largest absolute Gasteiger partial charge is 0.466 e. The zero-order valence-corrected chi connectivity index (χ0v) is 20.5. The van der Waals surface area contributed by atoms with E-state index in [0.717, 1.165) is 33.4 Å². The molecule has 0 spiro atoms. The smallest absolute Gasteiger partial charge is 0.336 e. The van der Waals surface area contributed by atoms with Gasteiger partial charge in [0.15, 0.2) is 5.78 Å². The molecule has 1 aliphatic heterocycles. The number of carbonyl (C=O) groups excluding carboxylic acids is 2. The molecule has 3 aromatic carbocycles. The number of aromatic nitrogens is 1. The average molecular weight is 475 g/mol. The van der Waals surface area contributed by atoms with Gasteiger partial charge in [0.1, 0.15) is 0 Å². The molecule has 0 radical (unpaired) electrons. The number of para-hydroxylation sites is 1. The zero-order valence-electron chi connectivity index (χ0n) is 20.5. The van der Waals surface area contributed by atoms with Crippen LogP contribution >= 0.6 is 0 Å². The highest BCUT2D eigenvalue weighted by Gasteiger charge is 2.44. The van der Waals surface area contributed by atoms with E-state index in [1.54, 1.807) is 0 Å².